The Hall–Kier alpha value is -1.76. The number of anilines is 2. The third-order valence-corrected chi connectivity index (χ3v) is 3.56. The van der Waals surface area contributed by atoms with Gasteiger partial charge in [-0.05, 0) is 54.0 Å². The van der Waals surface area contributed by atoms with Crippen LogP contribution in [0.1, 0.15) is 39.7 Å². The molecule has 1 N–H and O–H groups in total. The fraction of sp³-hybridized carbons (Fsp3) is 0.400. The van der Waals surface area contributed by atoms with E-state index in [1.165, 1.54) is 12.0 Å². The van der Waals surface area contributed by atoms with Crippen molar-refractivity contribution in [1.29, 1.82) is 0 Å². The fourth-order valence-electron chi connectivity index (χ4n) is 2.93. The zero-order chi connectivity index (χ0) is 15.3. The molecule has 0 saturated carbocycles. The molecule has 0 aliphatic rings. The molecule has 2 aromatic carbocycles. The van der Waals surface area contributed by atoms with Gasteiger partial charge in [-0.25, -0.2) is 0 Å². The maximum Gasteiger partial charge on any atom is 0.0384 e. The molecule has 0 aliphatic carbocycles. The molecular weight excluding hydrogens is 254 g/mol. The number of hydrogen-bond donors (Lipinski definition) is 1. The van der Waals surface area contributed by atoms with Gasteiger partial charge in [0, 0.05) is 11.4 Å². The Balaban J connectivity index is 1.93. The molecule has 0 saturated heterocycles. The van der Waals surface area contributed by atoms with E-state index < -0.39 is 0 Å². The fourth-order valence-corrected chi connectivity index (χ4v) is 2.93. The maximum absolute atomic E-state index is 3.42. The zero-order valence-corrected chi connectivity index (χ0v) is 13.7. The van der Waals surface area contributed by atoms with Crippen LogP contribution >= 0.6 is 0 Å². The topological polar surface area (TPSA) is 12.0 Å². The second-order valence-electron chi connectivity index (χ2n) is 7.26. The third-order valence-electron chi connectivity index (χ3n) is 3.56. The van der Waals surface area contributed by atoms with Crippen LogP contribution in [-0.4, -0.2) is 0 Å². The molecule has 2 rings (SSSR count). The Labute approximate surface area is 129 Å². The molecule has 0 spiro atoms. The van der Waals surface area contributed by atoms with Gasteiger partial charge in [0.05, 0.1) is 0 Å². The highest BCUT2D eigenvalue weighted by molar-refractivity contribution is 5.59. The molecule has 0 fully saturated rings. The van der Waals surface area contributed by atoms with Crippen LogP contribution < -0.4 is 5.32 Å². The SMILES string of the molecule is C[C@H](Cc1ccc(Nc2ccccc2)cc1)CC(C)(C)C. The monoisotopic (exact) mass is 281 g/mol. The predicted octanol–water partition coefficient (Wildman–Crippen LogP) is 6.05. The summed E-state index contributed by atoms with van der Waals surface area (Å²) in [6.45, 7) is 9.30. The summed E-state index contributed by atoms with van der Waals surface area (Å²) in [5.41, 5.74) is 4.11. The lowest BCUT2D eigenvalue weighted by Crippen LogP contribution is -2.12. The van der Waals surface area contributed by atoms with Crippen LogP contribution in [0.15, 0.2) is 54.6 Å². The Morgan fingerprint density at radius 1 is 0.857 bits per heavy atom. The average molecular weight is 281 g/mol. The van der Waals surface area contributed by atoms with Crippen LogP contribution in [0.25, 0.3) is 0 Å². The van der Waals surface area contributed by atoms with Crippen molar-refractivity contribution in [2.75, 3.05) is 5.32 Å². The summed E-state index contributed by atoms with van der Waals surface area (Å²) in [6.07, 6.45) is 2.42. The van der Waals surface area contributed by atoms with Crippen LogP contribution in [0.4, 0.5) is 11.4 Å². The number of para-hydroxylation sites is 1. The number of nitrogens with one attached hydrogen (secondary N) is 1. The first-order valence-electron chi connectivity index (χ1n) is 7.83. The number of hydrogen-bond acceptors (Lipinski definition) is 1. The first-order valence-corrected chi connectivity index (χ1v) is 7.83. The molecule has 0 unspecified atom stereocenters. The Morgan fingerprint density at radius 3 is 2.00 bits per heavy atom. The van der Waals surface area contributed by atoms with E-state index in [4.69, 9.17) is 0 Å². The van der Waals surface area contributed by atoms with Crippen molar-refractivity contribution in [2.24, 2.45) is 11.3 Å². The molecule has 0 heterocycles. The summed E-state index contributed by atoms with van der Waals surface area (Å²) >= 11 is 0. The van der Waals surface area contributed by atoms with Gasteiger partial charge in [0.2, 0.25) is 0 Å². The highest BCUT2D eigenvalue weighted by Crippen LogP contribution is 2.27. The predicted molar refractivity (Wildman–Crippen MR) is 93.1 cm³/mol. The molecule has 1 nitrogen and oxygen atoms in total. The van der Waals surface area contributed by atoms with Crippen molar-refractivity contribution in [1.82, 2.24) is 0 Å². The van der Waals surface area contributed by atoms with E-state index in [0.717, 1.165) is 23.7 Å². The minimum atomic E-state index is 0.411. The normalized spacial score (nSPS) is 13.0. The molecule has 21 heavy (non-hydrogen) atoms. The van der Waals surface area contributed by atoms with Gasteiger partial charge in [-0.15, -0.1) is 0 Å². The van der Waals surface area contributed by atoms with E-state index in [1.54, 1.807) is 0 Å². The smallest absolute Gasteiger partial charge is 0.0384 e. The van der Waals surface area contributed by atoms with Gasteiger partial charge < -0.3 is 5.32 Å². The van der Waals surface area contributed by atoms with E-state index in [1.807, 2.05) is 18.2 Å². The summed E-state index contributed by atoms with van der Waals surface area (Å²) in [4.78, 5) is 0. The van der Waals surface area contributed by atoms with E-state index in [2.05, 4.69) is 69.4 Å². The summed E-state index contributed by atoms with van der Waals surface area (Å²) in [5, 5.41) is 3.42. The Bertz CT molecular complexity index is 534. The molecule has 1 heteroatoms. The van der Waals surface area contributed by atoms with Crippen molar-refractivity contribution in [2.45, 2.75) is 40.5 Å². The Kier molecular flexibility index (Phi) is 5.06. The van der Waals surface area contributed by atoms with E-state index in [0.29, 0.717) is 5.41 Å². The van der Waals surface area contributed by atoms with Crippen LogP contribution in [-0.2, 0) is 6.42 Å². The highest BCUT2D eigenvalue weighted by Gasteiger charge is 2.15. The van der Waals surface area contributed by atoms with Crippen molar-refractivity contribution in [3.63, 3.8) is 0 Å². The largest absolute Gasteiger partial charge is 0.356 e. The number of benzene rings is 2. The summed E-state index contributed by atoms with van der Waals surface area (Å²) in [7, 11) is 0. The van der Waals surface area contributed by atoms with Crippen LogP contribution in [0.5, 0.6) is 0 Å². The van der Waals surface area contributed by atoms with E-state index in [9.17, 15) is 0 Å². The summed E-state index contributed by atoms with van der Waals surface area (Å²) in [6, 6.07) is 19.1. The molecule has 0 bridgehead atoms. The van der Waals surface area contributed by atoms with Crippen molar-refractivity contribution in [3.05, 3.63) is 60.2 Å². The summed E-state index contributed by atoms with van der Waals surface area (Å²) in [5.74, 6) is 0.720. The molecular formula is C20H27N. The molecule has 2 aromatic rings. The molecule has 0 radical (unpaired) electrons. The second-order valence-corrected chi connectivity index (χ2v) is 7.26. The van der Waals surface area contributed by atoms with E-state index >= 15 is 0 Å². The zero-order valence-electron chi connectivity index (χ0n) is 13.7. The minimum absolute atomic E-state index is 0.411. The van der Waals surface area contributed by atoms with Crippen LogP contribution in [0.2, 0.25) is 0 Å². The highest BCUT2D eigenvalue weighted by atomic mass is 14.9. The average Bonchev–Trinajstić information content (AvgIpc) is 2.40. The quantitative estimate of drug-likeness (QED) is 0.704. The van der Waals surface area contributed by atoms with Gasteiger partial charge in [-0.1, -0.05) is 58.0 Å². The molecule has 0 amide bonds. The molecule has 112 valence electrons. The molecule has 1 atom stereocenters. The van der Waals surface area contributed by atoms with Crippen molar-refractivity contribution in [3.8, 4) is 0 Å². The van der Waals surface area contributed by atoms with E-state index in [-0.39, 0.29) is 0 Å². The molecule has 0 aromatic heterocycles. The minimum Gasteiger partial charge on any atom is -0.356 e. The van der Waals surface area contributed by atoms with Gasteiger partial charge in [0.15, 0.2) is 0 Å². The lowest BCUT2D eigenvalue weighted by Gasteiger charge is -2.23. The second kappa shape index (κ2) is 6.80. The van der Waals surface area contributed by atoms with Gasteiger partial charge in [0.25, 0.3) is 0 Å². The maximum atomic E-state index is 3.42. The number of rotatable bonds is 5. The standard InChI is InChI=1S/C20H27N/c1-16(15-20(2,3)4)14-17-10-12-19(13-11-17)21-18-8-6-5-7-9-18/h5-13,16,21H,14-15H2,1-4H3/t16-/m1/s1. The lowest BCUT2D eigenvalue weighted by molar-refractivity contribution is 0.306. The van der Waals surface area contributed by atoms with Gasteiger partial charge in [0.1, 0.15) is 0 Å². The van der Waals surface area contributed by atoms with Gasteiger partial charge in [-0.2, -0.15) is 0 Å². The summed E-state index contributed by atoms with van der Waals surface area (Å²) < 4.78 is 0. The third kappa shape index (κ3) is 5.63. The van der Waals surface area contributed by atoms with Crippen LogP contribution in [0, 0.1) is 11.3 Å². The first kappa shape index (κ1) is 15.6. The van der Waals surface area contributed by atoms with Gasteiger partial charge in [-0.3, -0.25) is 0 Å². The van der Waals surface area contributed by atoms with Crippen molar-refractivity contribution < 1.29 is 0 Å². The Morgan fingerprint density at radius 2 is 1.43 bits per heavy atom. The van der Waals surface area contributed by atoms with Crippen molar-refractivity contribution >= 4 is 11.4 Å². The molecule has 0 aliphatic heterocycles. The lowest BCUT2D eigenvalue weighted by atomic mass is 9.83. The van der Waals surface area contributed by atoms with Gasteiger partial charge >= 0.3 is 0 Å². The first-order chi connectivity index (χ1) is 9.92. The van der Waals surface area contributed by atoms with Crippen LogP contribution in [0.3, 0.4) is 0 Å².